The van der Waals surface area contributed by atoms with E-state index in [1.54, 1.807) is 17.8 Å². The minimum Gasteiger partial charge on any atom is -0.318 e. The fraction of sp³-hybridized carbons (Fsp3) is 0.0833. The van der Waals surface area contributed by atoms with Gasteiger partial charge >= 0.3 is 0 Å². The molecule has 0 bridgehead atoms. The molecule has 2 rings (SSSR count). The van der Waals surface area contributed by atoms with Crippen LogP contribution in [-0.4, -0.2) is 4.57 Å². The maximum Gasteiger partial charge on any atom is 0.258 e. The van der Waals surface area contributed by atoms with Crippen molar-refractivity contribution in [3.05, 3.63) is 57.4 Å². The van der Waals surface area contributed by atoms with Crippen LogP contribution in [0, 0.1) is 0 Å². The Morgan fingerprint density at radius 3 is 2.47 bits per heavy atom. The average molecular weight is 264 g/mol. The van der Waals surface area contributed by atoms with E-state index in [0.29, 0.717) is 0 Å². The summed E-state index contributed by atoms with van der Waals surface area (Å²) in [7, 11) is 1.75. The Hall–Kier alpha value is -1.35. The number of aryl methyl sites for hydroxylation is 1. The molecule has 0 amide bonds. The van der Waals surface area contributed by atoms with Crippen LogP contribution in [-0.2, 0) is 7.05 Å². The van der Waals surface area contributed by atoms with Crippen LogP contribution in [0.15, 0.2) is 51.9 Å². The summed E-state index contributed by atoms with van der Waals surface area (Å²) >= 11 is 3.37. The Bertz CT molecular complexity index is 528. The topological polar surface area (TPSA) is 22.0 Å². The summed E-state index contributed by atoms with van der Waals surface area (Å²) in [5.41, 5.74) is 1.70. The summed E-state index contributed by atoms with van der Waals surface area (Å²) in [5, 5.41) is 0. The highest BCUT2D eigenvalue weighted by atomic mass is 79.9. The number of hydrogen-bond acceptors (Lipinski definition) is 1. The molecule has 15 heavy (non-hydrogen) atoms. The number of pyridine rings is 1. The van der Waals surface area contributed by atoms with Crippen molar-refractivity contribution >= 4 is 15.9 Å². The Morgan fingerprint density at radius 2 is 1.80 bits per heavy atom. The van der Waals surface area contributed by atoms with E-state index in [2.05, 4.69) is 15.9 Å². The summed E-state index contributed by atoms with van der Waals surface area (Å²) < 4.78 is 2.59. The van der Waals surface area contributed by atoms with Gasteiger partial charge in [0.1, 0.15) is 0 Å². The highest BCUT2D eigenvalue weighted by Gasteiger charge is 2.02. The van der Waals surface area contributed by atoms with Crippen LogP contribution >= 0.6 is 15.9 Å². The van der Waals surface area contributed by atoms with Gasteiger partial charge in [0.15, 0.2) is 0 Å². The predicted molar refractivity (Wildman–Crippen MR) is 64.8 cm³/mol. The minimum absolute atomic E-state index is 0.0276. The van der Waals surface area contributed by atoms with E-state index < -0.39 is 0 Å². The normalized spacial score (nSPS) is 10.3. The lowest BCUT2D eigenvalue weighted by Gasteiger charge is -2.03. The lowest BCUT2D eigenvalue weighted by molar-refractivity contribution is 0.863. The summed E-state index contributed by atoms with van der Waals surface area (Å²) in [5.74, 6) is 0. The third kappa shape index (κ3) is 2.02. The van der Waals surface area contributed by atoms with Gasteiger partial charge in [-0.15, -0.1) is 0 Å². The first-order valence-electron chi connectivity index (χ1n) is 4.60. The highest BCUT2D eigenvalue weighted by molar-refractivity contribution is 9.10. The molecule has 0 spiro atoms. The van der Waals surface area contributed by atoms with Gasteiger partial charge in [-0.05, 0) is 29.8 Å². The van der Waals surface area contributed by atoms with Crippen molar-refractivity contribution in [3.63, 3.8) is 0 Å². The molecule has 1 heterocycles. The monoisotopic (exact) mass is 263 g/mol. The molecule has 0 unspecified atom stereocenters. The van der Waals surface area contributed by atoms with E-state index in [0.717, 1.165) is 15.6 Å². The molecule has 0 aliphatic rings. The average Bonchev–Trinajstić information content (AvgIpc) is 2.24. The molecule has 0 radical (unpaired) electrons. The van der Waals surface area contributed by atoms with E-state index in [9.17, 15) is 4.79 Å². The van der Waals surface area contributed by atoms with Crippen molar-refractivity contribution in [2.24, 2.45) is 7.05 Å². The van der Waals surface area contributed by atoms with Crippen LogP contribution < -0.4 is 5.56 Å². The molecule has 2 aromatic rings. The first-order valence-corrected chi connectivity index (χ1v) is 5.39. The molecule has 0 saturated carbocycles. The van der Waals surface area contributed by atoms with Crippen molar-refractivity contribution in [1.29, 1.82) is 0 Å². The van der Waals surface area contributed by atoms with Crippen LogP contribution in [0.1, 0.15) is 0 Å². The maximum absolute atomic E-state index is 11.8. The van der Waals surface area contributed by atoms with Gasteiger partial charge in [-0.2, -0.15) is 0 Å². The smallest absolute Gasteiger partial charge is 0.258 e. The zero-order valence-corrected chi connectivity index (χ0v) is 9.86. The van der Waals surface area contributed by atoms with Crippen LogP contribution in [0.2, 0.25) is 0 Å². The molecule has 3 heteroatoms. The third-order valence-corrected chi connectivity index (χ3v) is 2.81. The number of rotatable bonds is 1. The van der Waals surface area contributed by atoms with Gasteiger partial charge in [0, 0.05) is 23.3 Å². The Labute approximate surface area is 96.3 Å². The molecule has 1 aromatic heterocycles. The van der Waals surface area contributed by atoms with E-state index in [4.69, 9.17) is 0 Å². The van der Waals surface area contributed by atoms with Gasteiger partial charge < -0.3 is 4.57 Å². The van der Waals surface area contributed by atoms with E-state index in [1.807, 2.05) is 36.4 Å². The van der Waals surface area contributed by atoms with Crippen molar-refractivity contribution in [2.75, 3.05) is 0 Å². The zero-order chi connectivity index (χ0) is 10.8. The van der Waals surface area contributed by atoms with Crippen molar-refractivity contribution in [2.45, 2.75) is 0 Å². The van der Waals surface area contributed by atoms with Gasteiger partial charge in [-0.1, -0.05) is 28.1 Å². The van der Waals surface area contributed by atoms with Gasteiger partial charge in [0.25, 0.3) is 5.56 Å². The third-order valence-electron chi connectivity index (χ3n) is 2.28. The molecule has 1 aromatic carbocycles. The highest BCUT2D eigenvalue weighted by Crippen LogP contribution is 2.18. The number of aromatic nitrogens is 1. The Kier molecular flexibility index (Phi) is 2.73. The van der Waals surface area contributed by atoms with Gasteiger partial charge in [-0.25, -0.2) is 0 Å². The van der Waals surface area contributed by atoms with Gasteiger partial charge in [-0.3, -0.25) is 4.79 Å². The zero-order valence-electron chi connectivity index (χ0n) is 8.27. The molecule has 0 aliphatic carbocycles. The summed E-state index contributed by atoms with van der Waals surface area (Å²) in [6.07, 6.45) is 1.75. The standard InChI is InChI=1S/C12H10BrNO/c1-14-8-2-3-11(12(14)15)9-4-6-10(13)7-5-9/h2-8H,1H3. The molecule has 0 N–H and O–H groups in total. The van der Waals surface area contributed by atoms with E-state index in [-0.39, 0.29) is 5.56 Å². The molecule has 0 atom stereocenters. The number of halogens is 1. The Morgan fingerprint density at radius 1 is 1.13 bits per heavy atom. The predicted octanol–water partition coefficient (Wildman–Crippen LogP) is 2.81. The second kappa shape index (κ2) is 4.03. The van der Waals surface area contributed by atoms with E-state index >= 15 is 0 Å². The maximum atomic E-state index is 11.8. The summed E-state index contributed by atoms with van der Waals surface area (Å²) in [4.78, 5) is 11.8. The number of benzene rings is 1. The Balaban J connectivity index is 2.59. The summed E-state index contributed by atoms with van der Waals surface area (Å²) in [6.45, 7) is 0. The SMILES string of the molecule is Cn1cccc(-c2ccc(Br)cc2)c1=O. The molecular weight excluding hydrogens is 254 g/mol. The first-order chi connectivity index (χ1) is 7.18. The lowest BCUT2D eigenvalue weighted by Crippen LogP contribution is -2.17. The van der Waals surface area contributed by atoms with Gasteiger partial charge in [0.2, 0.25) is 0 Å². The first kappa shape index (κ1) is 10.2. The van der Waals surface area contributed by atoms with Crippen LogP contribution in [0.3, 0.4) is 0 Å². The van der Waals surface area contributed by atoms with E-state index in [1.165, 1.54) is 0 Å². The number of nitrogens with zero attached hydrogens (tertiary/aromatic N) is 1. The minimum atomic E-state index is 0.0276. The quantitative estimate of drug-likeness (QED) is 0.776. The molecule has 0 fully saturated rings. The molecular formula is C12H10BrNO. The van der Waals surface area contributed by atoms with Crippen molar-refractivity contribution in [1.82, 2.24) is 4.57 Å². The summed E-state index contributed by atoms with van der Waals surface area (Å²) in [6, 6.07) is 11.4. The number of hydrogen-bond donors (Lipinski definition) is 0. The van der Waals surface area contributed by atoms with Crippen molar-refractivity contribution < 1.29 is 0 Å². The fourth-order valence-electron chi connectivity index (χ4n) is 1.45. The lowest BCUT2D eigenvalue weighted by atomic mass is 10.1. The molecule has 76 valence electrons. The second-order valence-electron chi connectivity index (χ2n) is 3.34. The van der Waals surface area contributed by atoms with Crippen LogP contribution in [0.5, 0.6) is 0 Å². The fourth-order valence-corrected chi connectivity index (χ4v) is 1.71. The molecule has 2 nitrogen and oxygen atoms in total. The van der Waals surface area contributed by atoms with Crippen LogP contribution in [0.25, 0.3) is 11.1 Å². The molecule has 0 saturated heterocycles. The largest absolute Gasteiger partial charge is 0.318 e. The van der Waals surface area contributed by atoms with Crippen molar-refractivity contribution in [3.8, 4) is 11.1 Å². The van der Waals surface area contributed by atoms with Crippen LogP contribution in [0.4, 0.5) is 0 Å². The van der Waals surface area contributed by atoms with Gasteiger partial charge in [0.05, 0.1) is 0 Å². The second-order valence-corrected chi connectivity index (χ2v) is 4.26. The molecule has 0 aliphatic heterocycles.